The number of hydrogen-bond donors (Lipinski definition) is 3. The number of rotatable bonds is 11. The normalized spacial score (nSPS) is 54.8. The molecule has 6 rings (SSSR count). The summed E-state index contributed by atoms with van der Waals surface area (Å²) in [5.74, 6) is -8.04. The lowest BCUT2D eigenvalue weighted by atomic mass is 9.71. The SMILES string of the molecule is CO[C@@H]1[C@@H](C)[C@H]([C@H]2O[C@H]([C@]3(C)CC[C@H]([C@@]4(C)CC[C@]5(C[C@H](OC)[C@@H](C)[C@H]([C@H](C)[C@H]6O[C@](O)([C@@H](C)C(=O)O)[C@H](C)[C@@H](OC)[C@@H]6C)O5)O4)O3)[C@@H](C)[C@@H]2OC)O[C@](C)(O)[C@H]1C. The van der Waals surface area contributed by atoms with E-state index in [0.29, 0.717) is 19.3 Å². The van der Waals surface area contributed by atoms with E-state index in [2.05, 4.69) is 34.6 Å². The van der Waals surface area contributed by atoms with Gasteiger partial charge in [-0.3, -0.25) is 4.79 Å². The molecule has 6 fully saturated rings. The van der Waals surface area contributed by atoms with Gasteiger partial charge < -0.3 is 62.7 Å². The zero-order valence-corrected chi connectivity index (χ0v) is 37.8. The second-order valence-corrected chi connectivity index (χ2v) is 19.9. The van der Waals surface area contributed by atoms with E-state index in [0.717, 1.165) is 12.8 Å². The monoisotopic (exact) mass is 829 g/mol. The van der Waals surface area contributed by atoms with Gasteiger partial charge in [0, 0.05) is 82.7 Å². The van der Waals surface area contributed by atoms with Crippen molar-refractivity contribution >= 4 is 5.97 Å². The van der Waals surface area contributed by atoms with Crippen LogP contribution < -0.4 is 0 Å². The highest BCUT2D eigenvalue weighted by molar-refractivity contribution is 5.70. The molecule has 58 heavy (non-hydrogen) atoms. The number of aliphatic hydroxyl groups is 2. The average molecular weight is 829 g/mol. The van der Waals surface area contributed by atoms with E-state index in [1.165, 1.54) is 6.92 Å². The molecule has 23 atom stereocenters. The van der Waals surface area contributed by atoms with Gasteiger partial charge in [-0.15, -0.1) is 0 Å². The van der Waals surface area contributed by atoms with Crippen molar-refractivity contribution in [2.45, 2.75) is 198 Å². The zero-order valence-electron chi connectivity index (χ0n) is 37.8. The molecule has 0 bridgehead atoms. The van der Waals surface area contributed by atoms with Gasteiger partial charge in [0.25, 0.3) is 0 Å². The van der Waals surface area contributed by atoms with E-state index < -0.39 is 76.9 Å². The maximum Gasteiger partial charge on any atom is 0.311 e. The number of carboxylic acids is 1. The topological polar surface area (TPSA) is 170 Å². The maximum absolute atomic E-state index is 12.2. The second-order valence-electron chi connectivity index (χ2n) is 19.9. The smallest absolute Gasteiger partial charge is 0.311 e. The van der Waals surface area contributed by atoms with Crippen molar-refractivity contribution in [3.05, 3.63) is 0 Å². The molecule has 0 saturated carbocycles. The van der Waals surface area contributed by atoms with Crippen LogP contribution in [0.1, 0.15) is 108 Å². The summed E-state index contributed by atoms with van der Waals surface area (Å²) in [4.78, 5) is 12.2. The highest BCUT2D eigenvalue weighted by atomic mass is 16.7. The Hall–Kier alpha value is -1.01. The minimum atomic E-state index is -1.95. The van der Waals surface area contributed by atoms with Crippen LogP contribution in [-0.4, -0.2) is 139 Å². The predicted molar refractivity (Wildman–Crippen MR) is 212 cm³/mol. The molecule has 14 heteroatoms. The van der Waals surface area contributed by atoms with Gasteiger partial charge in [0.15, 0.2) is 17.4 Å². The van der Waals surface area contributed by atoms with E-state index in [4.69, 9.17) is 47.4 Å². The van der Waals surface area contributed by atoms with Crippen LogP contribution in [0.5, 0.6) is 0 Å². The van der Waals surface area contributed by atoms with Crippen LogP contribution in [0.2, 0.25) is 0 Å². The summed E-state index contributed by atoms with van der Waals surface area (Å²) in [5.41, 5.74) is -1.32. The highest BCUT2D eigenvalue weighted by Crippen LogP contribution is 2.55. The first-order valence-corrected chi connectivity index (χ1v) is 21.8. The van der Waals surface area contributed by atoms with E-state index >= 15 is 0 Å². The molecule has 0 aliphatic carbocycles. The Morgan fingerprint density at radius 3 is 1.86 bits per heavy atom. The van der Waals surface area contributed by atoms with Gasteiger partial charge in [0.2, 0.25) is 0 Å². The van der Waals surface area contributed by atoms with Crippen LogP contribution in [0, 0.1) is 47.3 Å². The third-order valence-electron chi connectivity index (χ3n) is 16.3. The van der Waals surface area contributed by atoms with Crippen molar-refractivity contribution < 1.29 is 67.5 Å². The van der Waals surface area contributed by atoms with Crippen LogP contribution in [0.15, 0.2) is 0 Å². The number of carbonyl (C=O) groups is 1. The van der Waals surface area contributed by atoms with Crippen molar-refractivity contribution in [2.24, 2.45) is 47.3 Å². The molecule has 14 nitrogen and oxygen atoms in total. The standard InChI is InChI=1S/C44H76O14/c1-21-29(49-12)20-43(56-31(21)22(2)32-23(3)34(51-14)27(7)44(48,57-32)28(8)39(45)46)19-18-40(9,58-43)30-16-17-41(10,54-30)38-25(5)35(52-15)37(53-38)36-24(4)33(50-13)26(6)42(11,47)55-36/h21-38,47-48H,16-20H2,1-15H3,(H,45,46)/t21-,22+,23-,24-,25+,26+,27-,28+,29+,30-,31-,32-,33-,34+,35+,36-,37+,38+,40-,41+,42+,43-,44+/m1/s1. The van der Waals surface area contributed by atoms with Gasteiger partial charge in [0.05, 0.1) is 66.1 Å². The van der Waals surface area contributed by atoms with Crippen LogP contribution in [0.4, 0.5) is 0 Å². The van der Waals surface area contributed by atoms with Crippen LogP contribution in [0.3, 0.4) is 0 Å². The molecular weight excluding hydrogens is 752 g/mol. The minimum Gasteiger partial charge on any atom is -0.481 e. The third-order valence-corrected chi connectivity index (χ3v) is 16.3. The quantitative estimate of drug-likeness (QED) is 0.249. The summed E-state index contributed by atoms with van der Waals surface area (Å²) in [6.07, 6.45) is -0.175. The van der Waals surface area contributed by atoms with Gasteiger partial charge in [0.1, 0.15) is 12.0 Å². The lowest BCUT2D eigenvalue weighted by molar-refractivity contribution is -0.366. The first kappa shape index (κ1) is 46.5. The second kappa shape index (κ2) is 16.6. The molecule has 1 spiro atoms. The summed E-state index contributed by atoms with van der Waals surface area (Å²) in [6.45, 7) is 21.6. The lowest BCUT2D eigenvalue weighted by Crippen LogP contribution is -2.65. The fourth-order valence-electron chi connectivity index (χ4n) is 12.5. The van der Waals surface area contributed by atoms with E-state index in [1.807, 2.05) is 20.8 Å². The van der Waals surface area contributed by atoms with Crippen LogP contribution in [0.25, 0.3) is 0 Å². The molecule has 6 saturated heterocycles. The predicted octanol–water partition coefficient (Wildman–Crippen LogP) is 5.17. The van der Waals surface area contributed by atoms with Gasteiger partial charge in [-0.25, -0.2) is 0 Å². The minimum absolute atomic E-state index is 0.0300. The average Bonchev–Trinajstić information content (AvgIpc) is 3.85. The highest BCUT2D eigenvalue weighted by Gasteiger charge is 2.64. The fourth-order valence-corrected chi connectivity index (χ4v) is 12.5. The molecule has 6 aliphatic rings. The molecule has 6 heterocycles. The molecule has 0 radical (unpaired) electrons. The van der Waals surface area contributed by atoms with Crippen LogP contribution in [-0.2, 0) is 52.2 Å². The summed E-state index contributed by atoms with van der Waals surface area (Å²) in [5, 5.41) is 33.1. The van der Waals surface area contributed by atoms with Crippen molar-refractivity contribution in [1.82, 2.24) is 0 Å². The fraction of sp³-hybridized carbons (Fsp3) is 0.977. The van der Waals surface area contributed by atoms with Gasteiger partial charge in [-0.2, -0.15) is 0 Å². The van der Waals surface area contributed by atoms with Crippen molar-refractivity contribution in [1.29, 1.82) is 0 Å². The lowest BCUT2D eigenvalue weighted by Gasteiger charge is -2.55. The summed E-state index contributed by atoms with van der Waals surface area (Å²) >= 11 is 0. The molecule has 6 aliphatic heterocycles. The van der Waals surface area contributed by atoms with Crippen molar-refractivity contribution in [3.8, 4) is 0 Å². The Morgan fingerprint density at radius 1 is 0.672 bits per heavy atom. The molecule has 0 aromatic carbocycles. The van der Waals surface area contributed by atoms with E-state index in [9.17, 15) is 20.1 Å². The van der Waals surface area contributed by atoms with Gasteiger partial charge in [-0.05, 0) is 47.0 Å². The Bertz CT molecular complexity index is 1450. The number of carboxylic acid groups (broad SMARTS) is 1. The molecule has 0 aromatic rings. The first-order chi connectivity index (χ1) is 27.0. The Morgan fingerprint density at radius 2 is 1.28 bits per heavy atom. The van der Waals surface area contributed by atoms with Gasteiger partial charge in [-0.1, -0.05) is 48.5 Å². The Balaban J connectivity index is 1.19. The largest absolute Gasteiger partial charge is 0.481 e. The first-order valence-electron chi connectivity index (χ1n) is 21.8. The Kier molecular flexibility index (Phi) is 13.3. The summed E-state index contributed by atoms with van der Waals surface area (Å²) < 4.78 is 65.4. The number of ether oxygens (including phenoxy) is 10. The molecule has 336 valence electrons. The number of hydrogen-bond acceptors (Lipinski definition) is 13. The molecule has 3 N–H and O–H groups in total. The Labute approximate surface area is 346 Å². The molecular formula is C44H76O14. The van der Waals surface area contributed by atoms with E-state index in [-0.39, 0.29) is 66.0 Å². The molecule has 0 unspecified atom stereocenters. The molecule has 0 aromatic heterocycles. The van der Waals surface area contributed by atoms with Crippen molar-refractivity contribution in [3.63, 3.8) is 0 Å². The number of methoxy groups -OCH3 is 4. The van der Waals surface area contributed by atoms with Crippen molar-refractivity contribution in [2.75, 3.05) is 28.4 Å². The number of aliphatic carboxylic acids is 1. The summed E-state index contributed by atoms with van der Waals surface area (Å²) in [6, 6.07) is 0. The molecule has 0 amide bonds. The summed E-state index contributed by atoms with van der Waals surface area (Å²) in [7, 11) is 6.70. The third kappa shape index (κ3) is 7.62. The maximum atomic E-state index is 12.2. The zero-order chi connectivity index (χ0) is 43.1. The van der Waals surface area contributed by atoms with E-state index in [1.54, 1.807) is 42.3 Å². The van der Waals surface area contributed by atoms with Crippen LogP contribution >= 0.6 is 0 Å². The van der Waals surface area contributed by atoms with Gasteiger partial charge >= 0.3 is 5.97 Å².